The number of aliphatic imine (C=N–C) groups is 1. The third-order valence-corrected chi connectivity index (χ3v) is 4.42. The molecule has 0 amide bonds. The van der Waals surface area contributed by atoms with Gasteiger partial charge in [-0.3, -0.25) is 9.89 Å². The zero-order valence-corrected chi connectivity index (χ0v) is 14.3. The normalized spacial score (nSPS) is 20.9. The van der Waals surface area contributed by atoms with Crippen molar-refractivity contribution in [2.24, 2.45) is 4.99 Å². The molecule has 0 radical (unpaired) electrons. The molecule has 1 aromatic rings. The van der Waals surface area contributed by atoms with Crippen molar-refractivity contribution in [3.8, 4) is 0 Å². The first-order valence-corrected chi connectivity index (χ1v) is 7.98. The maximum absolute atomic E-state index is 4.32. The summed E-state index contributed by atoms with van der Waals surface area (Å²) in [6.45, 7) is 7.21. The molecule has 1 aromatic carbocycles. The predicted molar refractivity (Wildman–Crippen MR) is 93.3 cm³/mol. The molecule has 1 saturated heterocycles. The summed E-state index contributed by atoms with van der Waals surface area (Å²) in [7, 11) is 6.21. The van der Waals surface area contributed by atoms with E-state index in [9.17, 15) is 0 Å². The van der Waals surface area contributed by atoms with Gasteiger partial charge < -0.3 is 15.5 Å². The Labute approximate surface area is 134 Å². The van der Waals surface area contributed by atoms with E-state index in [1.807, 2.05) is 7.05 Å². The summed E-state index contributed by atoms with van der Waals surface area (Å²) in [5.74, 6) is 0.866. The number of rotatable bonds is 4. The molecule has 5 heteroatoms. The molecule has 0 spiro atoms. The fourth-order valence-corrected chi connectivity index (χ4v) is 2.74. The lowest BCUT2D eigenvalue weighted by Gasteiger charge is -2.37. The Balaban J connectivity index is 1.81. The third kappa shape index (κ3) is 4.71. The van der Waals surface area contributed by atoms with E-state index < -0.39 is 0 Å². The Morgan fingerprint density at radius 3 is 2.73 bits per heavy atom. The van der Waals surface area contributed by atoms with Crippen molar-refractivity contribution < 1.29 is 0 Å². The predicted octanol–water partition coefficient (Wildman–Crippen LogP) is 0.906. The monoisotopic (exact) mass is 303 g/mol. The molecule has 22 heavy (non-hydrogen) atoms. The van der Waals surface area contributed by atoms with Gasteiger partial charge in [0.05, 0.1) is 0 Å². The van der Waals surface area contributed by atoms with Crippen molar-refractivity contribution in [2.75, 3.05) is 47.3 Å². The van der Waals surface area contributed by atoms with Crippen LogP contribution < -0.4 is 10.6 Å². The van der Waals surface area contributed by atoms with Crippen molar-refractivity contribution in [1.82, 2.24) is 20.4 Å². The van der Waals surface area contributed by atoms with Gasteiger partial charge in [0.15, 0.2) is 5.96 Å². The zero-order chi connectivity index (χ0) is 15.9. The van der Waals surface area contributed by atoms with Gasteiger partial charge in [-0.15, -0.1) is 0 Å². The fraction of sp³-hybridized carbons (Fsp3) is 0.588. The first kappa shape index (κ1) is 16.8. The molecule has 5 nitrogen and oxygen atoms in total. The summed E-state index contributed by atoms with van der Waals surface area (Å²) in [6.07, 6.45) is 0. The lowest BCUT2D eigenvalue weighted by atomic mass is 10.1. The van der Waals surface area contributed by atoms with Gasteiger partial charge >= 0.3 is 0 Å². The molecule has 1 fully saturated rings. The number of aryl methyl sites for hydroxylation is 1. The van der Waals surface area contributed by atoms with Gasteiger partial charge in [0.25, 0.3) is 0 Å². The average Bonchev–Trinajstić information content (AvgIpc) is 2.52. The minimum atomic E-state index is 0.524. The molecule has 0 aromatic heterocycles. The highest BCUT2D eigenvalue weighted by Gasteiger charge is 2.21. The quantitative estimate of drug-likeness (QED) is 0.641. The first-order chi connectivity index (χ1) is 10.6. The number of benzene rings is 1. The van der Waals surface area contributed by atoms with Crippen LogP contribution in [0.1, 0.15) is 11.1 Å². The lowest BCUT2D eigenvalue weighted by Crippen LogP contribution is -2.55. The van der Waals surface area contributed by atoms with E-state index >= 15 is 0 Å². The topological polar surface area (TPSA) is 42.9 Å². The van der Waals surface area contributed by atoms with Crippen molar-refractivity contribution >= 4 is 5.96 Å². The second kappa shape index (κ2) is 8.15. The highest BCUT2D eigenvalue weighted by Crippen LogP contribution is 2.06. The van der Waals surface area contributed by atoms with E-state index in [-0.39, 0.29) is 0 Å². The number of piperazine rings is 1. The number of hydrogen-bond acceptors (Lipinski definition) is 3. The molecule has 1 heterocycles. The van der Waals surface area contributed by atoms with E-state index in [2.05, 4.69) is 70.7 Å². The van der Waals surface area contributed by atoms with E-state index in [0.717, 1.165) is 38.7 Å². The van der Waals surface area contributed by atoms with Gasteiger partial charge in [-0.1, -0.05) is 24.3 Å². The summed E-state index contributed by atoms with van der Waals surface area (Å²) in [5.41, 5.74) is 2.61. The van der Waals surface area contributed by atoms with Gasteiger partial charge in [-0.05, 0) is 32.1 Å². The van der Waals surface area contributed by atoms with Crippen molar-refractivity contribution in [3.05, 3.63) is 35.4 Å². The average molecular weight is 303 g/mol. The largest absolute Gasteiger partial charge is 0.355 e. The highest BCUT2D eigenvalue weighted by molar-refractivity contribution is 5.79. The fourth-order valence-electron chi connectivity index (χ4n) is 2.74. The first-order valence-electron chi connectivity index (χ1n) is 7.98. The van der Waals surface area contributed by atoms with Crippen LogP contribution in [0.15, 0.2) is 29.3 Å². The Kier molecular flexibility index (Phi) is 6.21. The van der Waals surface area contributed by atoms with E-state index in [4.69, 9.17) is 0 Å². The SMILES string of the molecule is CN=C(NCc1ccccc1C)NCC1CN(C)CCN1C. The minimum Gasteiger partial charge on any atom is -0.355 e. The maximum atomic E-state index is 4.32. The molecule has 2 N–H and O–H groups in total. The zero-order valence-electron chi connectivity index (χ0n) is 14.3. The molecule has 1 aliphatic rings. The summed E-state index contributed by atoms with van der Waals surface area (Å²) >= 11 is 0. The summed E-state index contributed by atoms with van der Waals surface area (Å²) in [6, 6.07) is 8.96. The van der Waals surface area contributed by atoms with Crippen LogP contribution in [0.3, 0.4) is 0 Å². The Morgan fingerprint density at radius 2 is 2.00 bits per heavy atom. The number of nitrogens with one attached hydrogen (secondary N) is 2. The Morgan fingerprint density at radius 1 is 1.23 bits per heavy atom. The number of guanidine groups is 1. The molecular formula is C17H29N5. The van der Waals surface area contributed by atoms with Crippen molar-refractivity contribution in [3.63, 3.8) is 0 Å². The van der Waals surface area contributed by atoms with Gasteiger partial charge in [0.1, 0.15) is 0 Å². The maximum Gasteiger partial charge on any atom is 0.191 e. The minimum absolute atomic E-state index is 0.524. The number of hydrogen-bond donors (Lipinski definition) is 2. The molecule has 1 aliphatic heterocycles. The number of likely N-dealkylation sites (N-methyl/N-ethyl adjacent to an activating group) is 2. The molecule has 122 valence electrons. The molecular weight excluding hydrogens is 274 g/mol. The van der Waals surface area contributed by atoms with Crippen LogP contribution in [0.5, 0.6) is 0 Å². The summed E-state index contributed by atoms with van der Waals surface area (Å²) < 4.78 is 0. The number of nitrogens with zero attached hydrogens (tertiary/aromatic N) is 3. The van der Waals surface area contributed by atoms with E-state index in [0.29, 0.717) is 6.04 Å². The smallest absolute Gasteiger partial charge is 0.191 e. The lowest BCUT2D eigenvalue weighted by molar-refractivity contribution is 0.116. The molecule has 0 saturated carbocycles. The summed E-state index contributed by atoms with van der Waals surface area (Å²) in [5, 5.41) is 6.85. The second-order valence-corrected chi connectivity index (χ2v) is 6.13. The van der Waals surface area contributed by atoms with E-state index in [1.54, 1.807) is 0 Å². The summed E-state index contributed by atoms with van der Waals surface area (Å²) in [4.78, 5) is 9.13. The van der Waals surface area contributed by atoms with Crippen LogP contribution in [0.4, 0.5) is 0 Å². The standard InChI is InChI=1S/C17H29N5/c1-14-7-5-6-8-15(14)11-19-17(18-2)20-12-16-13-21(3)9-10-22(16)4/h5-8,16H,9-13H2,1-4H3,(H2,18,19,20). The van der Waals surface area contributed by atoms with Crippen LogP contribution >= 0.6 is 0 Å². The van der Waals surface area contributed by atoms with Crippen LogP contribution in [-0.4, -0.2) is 69.1 Å². The molecule has 0 aliphatic carbocycles. The Bertz CT molecular complexity index is 500. The van der Waals surface area contributed by atoms with Crippen molar-refractivity contribution in [1.29, 1.82) is 0 Å². The van der Waals surface area contributed by atoms with Crippen LogP contribution in [-0.2, 0) is 6.54 Å². The highest BCUT2D eigenvalue weighted by atomic mass is 15.3. The van der Waals surface area contributed by atoms with Crippen molar-refractivity contribution in [2.45, 2.75) is 19.5 Å². The van der Waals surface area contributed by atoms with Gasteiger partial charge in [0, 0.05) is 45.8 Å². The molecule has 1 atom stereocenters. The second-order valence-electron chi connectivity index (χ2n) is 6.13. The Hall–Kier alpha value is -1.59. The van der Waals surface area contributed by atoms with Crippen LogP contribution in [0.25, 0.3) is 0 Å². The van der Waals surface area contributed by atoms with Gasteiger partial charge in [0.2, 0.25) is 0 Å². The van der Waals surface area contributed by atoms with Gasteiger partial charge in [-0.2, -0.15) is 0 Å². The third-order valence-electron chi connectivity index (χ3n) is 4.42. The van der Waals surface area contributed by atoms with Crippen LogP contribution in [0.2, 0.25) is 0 Å². The molecule has 0 bridgehead atoms. The molecule has 1 unspecified atom stereocenters. The van der Waals surface area contributed by atoms with E-state index in [1.165, 1.54) is 11.1 Å². The van der Waals surface area contributed by atoms with Crippen LogP contribution in [0, 0.1) is 6.92 Å². The van der Waals surface area contributed by atoms with Gasteiger partial charge in [-0.25, -0.2) is 0 Å². The molecule has 2 rings (SSSR count).